The molecule has 0 bridgehead atoms. The van der Waals surface area contributed by atoms with Gasteiger partial charge in [0.2, 0.25) is 0 Å². The van der Waals surface area contributed by atoms with E-state index in [-0.39, 0.29) is 5.91 Å². The number of carbonyl (C=O) groups excluding carboxylic acids is 1. The molecule has 0 N–H and O–H groups in total. The second-order valence-corrected chi connectivity index (χ2v) is 4.28. The number of carbonyl (C=O) groups is 1. The number of nitrogens with zero attached hydrogens (tertiary/aromatic N) is 1. The first kappa shape index (κ1) is 10.8. The predicted octanol–water partition coefficient (Wildman–Crippen LogP) is 2.07. The van der Waals surface area contributed by atoms with Crippen LogP contribution in [-0.4, -0.2) is 23.9 Å². The Morgan fingerprint density at radius 3 is 2.94 bits per heavy atom. The van der Waals surface area contributed by atoms with Gasteiger partial charge >= 0.3 is 0 Å². The monoisotopic (exact) mass is 217 g/mol. The molecule has 3 nitrogen and oxygen atoms in total. The fourth-order valence-electron chi connectivity index (χ4n) is 1.68. The topological polar surface area (TPSA) is 33.5 Å². The van der Waals surface area contributed by atoms with E-state index in [2.05, 4.69) is 5.92 Å². The number of terminal acetylenes is 1. The maximum atomic E-state index is 12.1. The SMILES string of the molecule is C#CCN(CC1CC1)C(=O)c1coc(C)c1. The average molecular weight is 217 g/mol. The van der Waals surface area contributed by atoms with Crippen LogP contribution in [0.15, 0.2) is 16.7 Å². The first-order valence-corrected chi connectivity index (χ1v) is 5.48. The van der Waals surface area contributed by atoms with Crippen molar-refractivity contribution in [1.29, 1.82) is 0 Å². The highest BCUT2D eigenvalue weighted by Gasteiger charge is 2.27. The standard InChI is InChI=1S/C13H15NO2/c1-3-6-14(8-11-4-5-11)13(15)12-7-10(2)16-9-12/h1,7,9,11H,4-6,8H2,2H3. The molecule has 0 radical (unpaired) electrons. The minimum atomic E-state index is -0.0262. The number of hydrogen-bond donors (Lipinski definition) is 0. The molecule has 3 heteroatoms. The molecule has 0 unspecified atom stereocenters. The Morgan fingerprint density at radius 2 is 2.44 bits per heavy atom. The Labute approximate surface area is 95.4 Å². The summed E-state index contributed by atoms with van der Waals surface area (Å²) in [5, 5.41) is 0. The Bertz CT molecular complexity index is 423. The molecular formula is C13H15NO2. The minimum absolute atomic E-state index is 0.0262. The molecule has 1 aliphatic rings. The van der Waals surface area contributed by atoms with Crippen molar-refractivity contribution in [1.82, 2.24) is 4.90 Å². The Hall–Kier alpha value is -1.69. The van der Waals surface area contributed by atoms with Crippen LogP contribution in [0.3, 0.4) is 0 Å². The summed E-state index contributed by atoms with van der Waals surface area (Å²) in [5.74, 6) is 3.90. The van der Waals surface area contributed by atoms with Crippen LogP contribution < -0.4 is 0 Å². The summed E-state index contributed by atoms with van der Waals surface area (Å²) < 4.78 is 5.14. The normalized spacial score (nSPS) is 14.5. The Balaban J connectivity index is 2.06. The van der Waals surface area contributed by atoms with E-state index in [0.717, 1.165) is 12.3 Å². The van der Waals surface area contributed by atoms with Gasteiger partial charge in [-0.25, -0.2) is 0 Å². The summed E-state index contributed by atoms with van der Waals surface area (Å²) >= 11 is 0. The van der Waals surface area contributed by atoms with Crippen LogP contribution in [0.4, 0.5) is 0 Å². The second-order valence-electron chi connectivity index (χ2n) is 4.28. The molecule has 0 spiro atoms. The van der Waals surface area contributed by atoms with Gasteiger partial charge in [-0.05, 0) is 31.7 Å². The van der Waals surface area contributed by atoms with Gasteiger partial charge in [0.15, 0.2) is 0 Å². The minimum Gasteiger partial charge on any atom is -0.469 e. The van der Waals surface area contributed by atoms with Crippen LogP contribution >= 0.6 is 0 Å². The third-order valence-electron chi connectivity index (χ3n) is 2.72. The molecular weight excluding hydrogens is 202 g/mol. The van der Waals surface area contributed by atoms with Crippen LogP contribution in [0.2, 0.25) is 0 Å². The van der Waals surface area contributed by atoms with Gasteiger partial charge in [-0.15, -0.1) is 6.42 Å². The van der Waals surface area contributed by atoms with E-state index in [4.69, 9.17) is 10.8 Å². The first-order chi connectivity index (χ1) is 7.70. The molecule has 1 aromatic rings. The van der Waals surface area contributed by atoms with Gasteiger partial charge in [0.25, 0.3) is 5.91 Å². The van der Waals surface area contributed by atoms with Crippen molar-refractivity contribution < 1.29 is 9.21 Å². The smallest absolute Gasteiger partial charge is 0.257 e. The van der Waals surface area contributed by atoms with E-state index >= 15 is 0 Å². The molecule has 1 aliphatic carbocycles. The first-order valence-electron chi connectivity index (χ1n) is 5.48. The van der Waals surface area contributed by atoms with Gasteiger partial charge < -0.3 is 9.32 Å². The lowest BCUT2D eigenvalue weighted by molar-refractivity contribution is 0.0769. The summed E-state index contributed by atoms with van der Waals surface area (Å²) in [4.78, 5) is 13.8. The van der Waals surface area contributed by atoms with E-state index in [1.165, 1.54) is 19.1 Å². The zero-order valence-corrected chi connectivity index (χ0v) is 9.40. The number of rotatable bonds is 4. The quantitative estimate of drug-likeness (QED) is 0.723. The van der Waals surface area contributed by atoms with Gasteiger partial charge in [-0.2, -0.15) is 0 Å². The number of amides is 1. The van der Waals surface area contributed by atoms with E-state index in [1.807, 2.05) is 6.92 Å². The van der Waals surface area contributed by atoms with Crippen molar-refractivity contribution in [2.24, 2.45) is 5.92 Å². The third kappa shape index (κ3) is 2.46. The molecule has 84 valence electrons. The lowest BCUT2D eigenvalue weighted by Crippen LogP contribution is -2.33. The van der Waals surface area contributed by atoms with E-state index < -0.39 is 0 Å². The molecule has 0 atom stereocenters. The van der Waals surface area contributed by atoms with Crippen molar-refractivity contribution in [2.45, 2.75) is 19.8 Å². The highest BCUT2D eigenvalue weighted by molar-refractivity contribution is 5.94. The van der Waals surface area contributed by atoms with Crippen molar-refractivity contribution in [3.63, 3.8) is 0 Å². The molecule has 0 aromatic carbocycles. The van der Waals surface area contributed by atoms with E-state index in [1.54, 1.807) is 11.0 Å². The van der Waals surface area contributed by atoms with Crippen LogP contribution in [0.25, 0.3) is 0 Å². The number of hydrogen-bond acceptors (Lipinski definition) is 2. The fourth-order valence-corrected chi connectivity index (χ4v) is 1.68. The van der Waals surface area contributed by atoms with Crippen molar-refractivity contribution in [2.75, 3.05) is 13.1 Å². The molecule has 16 heavy (non-hydrogen) atoms. The van der Waals surface area contributed by atoms with Crippen LogP contribution in [0, 0.1) is 25.2 Å². The molecule has 1 aromatic heterocycles. The summed E-state index contributed by atoms with van der Waals surface area (Å²) in [5.41, 5.74) is 0.591. The van der Waals surface area contributed by atoms with Crippen molar-refractivity contribution in [3.8, 4) is 12.3 Å². The molecule has 1 fully saturated rings. The molecule has 0 saturated heterocycles. The average Bonchev–Trinajstić information content (AvgIpc) is 2.97. The molecule has 1 amide bonds. The van der Waals surface area contributed by atoms with Gasteiger partial charge in [0, 0.05) is 6.54 Å². The maximum Gasteiger partial charge on any atom is 0.257 e. The van der Waals surface area contributed by atoms with Gasteiger partial charge in [-0.3, -0.25) is 4.79 Å². The van der Waals surface area contributed by atoms with Crippen LogP contribution in [0.1, 0.15) is 29.0 Å². The molecule has 0 aliphatic heterocycles. The van der Waals surface area contributed by atoms with Gasteiger partial charge in [-0.1, -0.05) is 5.92 Å². The molecule has 1 saturated carbocycles. The third-order valence-corrected chi connectivity index (χ3v) is 2.72. The lowest BCUT2D eigenvalue weighted by atomic mass is 10.2. The maximum absolute atomic E-state index is 12.1. The van der Waals surface area contributed by atoms with E-state index in [0.29, 0.717) is 18.0 Å². The van der Waals surface area contributed by atoms with E-state index in [9.17, 15) is 4.79 Å². The van der Waals surface area contributed by atoms with Gasteiger partial charge in [0.05, 0.1) is 12.1 Å². The molecule has 1 heterocycles. The highest BCUT2D eigenvalue weighted by Crippen LogP contribution is 2.30. The van der Waals surface area contributed by atoms with Crippen LogP contribution in [-0.2, 0) is 0 Å². The summed E-state index contributed by atoms with van der Waals surface area (Å²) in [7, 11) is 0. The molecule has 2 rings (SSSR count). The fraction of sp³-hybridized carbons (Fsp3) is 0.462. The second kappa shape index (κ2) is 4.44. The zero-order valence-electron chi connectivity index (χ0n) is 9.40. The summed E-state index contributed by atoms with van der Waals surface area (Å²) in [6.07, 6.45) is 9.19. The van der Waals surface area contributed by atoms with Crippen molar-refractivity contribution in [3.05, 3.63) is 23.7 Å². The summed E-state index contributed by atoms with van der Waals surface area (Å²) in [6.45, 7) is 2.97. The Morgan fingerprint density at radius 1 is 1.69 bits per heavy atom. The summed E-state index contributed by atoms with van der Waals surface area (Å²) in [6, 6.07) is 1.75. The lowest BCUT2D eigenvalue weighted by Gasteiger charge is -2.18. The highest BCUT2D eigenvalue weighted by atomic mass is 16.3. The number of aryl methyl sites for hydroxylation is 1. The predicted molar refractivity (Wildman–Crippen MR) is 60.9 cm³/mol. The van der Waals surface area contributed by atoms with Crippen LogP contribution in [0.5, 0.6) is 0 Å². The van der Waals surface area contributed by atoms with Crippen molar-refractivity contribution >= 4 is 5.91 Å². The Kier molecular flexibility index (Phi) is 3.00. The largest absolute Gasteiger partial charge is 0.469 e. The van der Waals surface area contributed by atoms with Gasteiger partial charge in [0.1, 0.15) is 12.0 Å². The number of furan rings is 1. The zero-order chi connectivity index (χ0) is 11.5.